The maximum absolute atomic E-state index is 8.29. The first-order chi connectivity index (χ1) is 5.33. The van der Waals surface area contributed by atoms with E-state index in [1.807, 2.05) is 17.8 Å². The van der Waals surface area contributed by atoms with Crippen LogP contribution in [0.1, 0.15) is 18.4 Å². The van der Waals surface area contributed by atoms with Gasteiger partial charge in [-0.25, -0.2) is 0 Å². The molecule has 0 saturated carbocycles. The van der Waals surface area contributed by atoms with Crippen LogP contribution < -0.4 is 0 Å². The largest absolute Gasteiger partial charge is 0.357 e. The van der Waals surface area contributed by atoms with Crippen molar-refractivity contribution in [2.45, 2.75) is 19.3 Å². The molecule has 1 heterocycles. The van der Waals surface area contributed by atoms with Gasteiger partial charge in [0.15, 0.2) is 0 Å². The van der Waals surface area contributed by atoms with E-state index in [2.05, 4.69) is 18.3 Å². The first-order valence-electron chi connectivity index (χ1n) is 3.81. The van der Waals surface area contributed by atoms with E-state index < -0.39 is 0 Å². The highest BCUT2D eigenvalue weighted by molar-refractivity contribution is 5.09. The Morgan fingerprint density at radius 1 is 1.64 bits per heavy atom. The summed E-state index contributed by atoms with van der Waals surface area (Å²) in [6.07, 6.45) is 6.78. The van der Waals surface area contributed by atoms with E-state index in [0.29, 0.717) is 6.42 Å². The van der Waals surface area contributed by atoms with Crippen molar-refractivity contribution < 1.29 is 0 Å². The molecule has 11 heavy (non-hydrogen) atoms. The lowest BCUT2D eigenvalue weighted by Gasteiger charge is -1.91. The van der Waals surface area contributed by atoms with Gasteiger partial charge in [-0.2, -0.15) is 5.26 Å². The quantitative estimate of drug-likeness (QED) is 0.601. The van der Waals surface area contributed by atoms with Crippen LogP contribution in [0.3, 0.4) is 0 Å². The molecule has 0 aromatic carbocycles. The monoisotopic (exact) mass is 148 g/mol. The average Bonchev–Trinajstić information content (AvgIpc) is 2.37. The van der Waals surface area contributed by atoms with Gasteiger partial charge in [0.1, 0.15) is 0 Å². The zero-order chi connectivity index (χ0) is 8.10. The van der Waals surface area contributed by atoms with Crippen LogP contribution in [-0.2, 0) is 13.5 Å². The molecule has 0 radical (unpaired) electrons. The Morgan fingerprint density at radius 3 is 3.00 bits per heavy atom. The Hall–Kier alpha value is -1.23. The molecular weight excluding hydrogens is 136 g/mol. The molecular formula is C9H12N2. The lowest BCUT2D eigenvalue weighted by molar-refractivity contribution is 0.842. The molecule has 0 N–H and O–H groups in total. The van der Waals surface area contributed by atoms with Crippen molar-refractivity contribution in [2.75, 3.05) is 0 Å². The zero-order valence-electron chi connectivity index (χ0n) is 6.75. The summed E-state index contributed by atoms with van der Waals surface area (Å²) in [7, 11) is 2.01. The number of nitrogens with zero attached hydrogens (tertiary/aromatic N) is 2. The van der Waals surface area contributed by atoms with Gasteiger partial charge in [-0.3, -0.25) is 0 Å². The third-order valence-electron chi connectivity index (χ3n) is 1.65. The summed E-state index contributed by atoms with van der Waals surface area (Å²) >= 11 is 0. The summed E-state index contributed by atoms with van der Waals surface area (Å²) in [5, 5.41) is 8.29. The maximum Gasteiger partial charge on any atom is 0.0621 e. The van der Waals surface area contributed by atoms with E-state index in [4.69, 9.17) is 5.26 Å². The van der Waals surface area contributed by atoms with Crippen molar-refractivity contribution in [1.82, 2.24) is 4.57 Å². The Bertz CT molecular complexity index is 255. The summed E-state index contributed by atoms with van der Waals surface area (Å²) < 4.78 is 2.03. The van der Waals surface area contributed by atoms with Crippen LogP contribution in [0.15, 0.2) is 18.5 Å². The molecule has 2 heteroatoms. The fourth-order valence-corrected chi connectivity index (χ4v) is 1.08. The number of aromatic nitrogens is 1. The first-order valence-corrected chi connectivity index (χ1v) is 3.81. The second kappa shape index (κ2) is 3.82. The molecule has 0 fully saturated rings. The smallest absolute Gasteiger partial charge is 0.0621 e. The van der Waals surface area contributed by atoms with Gasteiger partial charge in [0, 0.05) is 25.9 Å². The molecule has 0 aliphatic carbocycles. The van der Waals surface area contributed by atoms with E-state index >= 15 is 0 Å². The molecule has 0 aliphatic heterocycles. The molecule has 0 aliphatic rings. The Balaban J connectivity index is 2.34. The van der Waals surface area contributed by atoms with Gasteiger partial charge in [0.25, 0.3) is 0 Å². The SMILES string of the molecule is Cn1ccc(CCCC#N)c1. The first kappa shape index (κ1) is 7.87. The molecule has 58 valence electrons. The van der Waals surface area contributed by atoms with Crippen LogP contribution in [0.4, 0.5) is 0 Å². The van der Waals surface area contributed by atoms with Gasteiger partial charge in [-0.1, -0.05) is 0 Å². The van der Waals surface area contributed by atoms with Gasteiger partial charge in [-0.05, 0) is 24.5 Å². The second-order valence-electron chi connectivity index (χ2n) is 2.70. The number of rotatable bonds is 3. The summed E-state index contributed by atoms with van der Waals surface area (Å²) in [6.45, 7) is 0. The van der Waals surface area contributed by atoms with E-state index in [1.54, 1.807) is 0 Å². The maximum atomic E-state index is 8.29. The van der Waals surface area contributed by atoms with Crippen LogP contribution in [0.25, 0.3) is 0 Å². The fourth-order valence-electron chi connectivity index (χ4n) is 1.08. The Morgan fingerprint density at radius 2 is 2.45 bits per heavy atom. The van der Waals surface area contributed by atoms with Crippen LogP contribution in [0.5, 0.6) is 0 Å². The van der Waals surface area contributed by atoms with Crippen molar-refractivity contribution in [3.63, 3.8) is 0 Å². The lowest BCUT2D eigenvalue weighted by atomic mass is 10.1. The molecule has 1 aromatic heterocycles. The highest BCUT2D eigenvalue weighted by Gasteiger charge is 1.93. The summed E-state index contributed by atoms with van der Waals surface area (Å²) in [4.78, 5) is 0. The van der Waals surface area contributed by atoms with Crippen molar-refractivity contribution in [2.24, 2.45) is 7.05 Å². The number of aryl methyl sites for hydroxylation is 2. The molecule has 1 aromatic rings. The minimum Gasteiger partial charge on any atom is -0.357 e. The van der Waals surface area contributed by atoms with E-state index in [-0.39, 0.29) is 0 Å². The summed E-state index contributed by atoms with van der Waals surface area (Å²) in [5.41, 5.74) is 1.32. The molecule has 0 atom stereocenters. The normalized spacial score (nSPS) is 9.45. The van der Waals surface area contributed by atoms with Gasteiger partial charge < -0.3 is 4.57 Å². The van der Waals surface area contributed by atoms with Gasteiger partial charge in [0.2, 0.25) is 0 Å². The average molecular weight is 148 g/mol. The number of unbranched alkanes of at least 4 members (excludes halogenated alkanes) is 1. The zero-order valence-corrected chi connectivity index (χ0v) is 6.75. The third-order valence-corrected chi connectivity index (χ3v) is 1.65. The minimum atomic E-state index is 0.662. The van der Waals surface area contributed by atoms with Crippen molar-refractivity contribution >= 4 is 0 Å². The van der Waals surface area contributed by atoms with Crippen LogP contribution in [0.2, 0.25) is 0 Å². The number of nitriles is 1. The van der Waals surface area contributed by atoms with Crippen LogP contribution in [-0.4, -0.2) is 4.57 Å². The van der Waals surface area contributed by atoms with Crippen LogP contribution >= 0.6 is 0 Å². The fraction of sp³-hybridized carbons (Fsp3) is 0.444. The Labute approximate surface area is 67.1 Å². The van der Waals surface area contributed by atoms with Crippen molar-refractivity contribution in [3.05, 3.63) is 24.0 Å². The van der Waals surface area contributed by atoms with E-state index in [9.17, 15) is 0 Å². The van der Waals surface area contributed by atoms with Crippen molar-refractivity contribution in [3.8, 4) is 6.07 Å². The Kier molecular flexibility index (Phi) is 2.74. The second-order valence-corrected chi connectivity index (χ2v) is 2.70. The standard InChI is InChI=1S/C9H12N2/c1-11-7-5-9(8-11)4-2-3-6-10/h5,7-8H,2-4H2,1H3. The number of hydrogen-bond donors (Lipinski definition) is 0. The molecule has 0 spiro atoms. The molecule has 0 saturated heterocycles. The summed E-state index contributed by atoms with van der Waals surface area (Å²) in [6, 6.07) is 4.23. The predicted molar refractivity (Wildman–Crippen MR) is 44.0 cm³/mol. The highest BCUT2D eigenvalue weighted by atomic mass is 14.9. The predicted octanol–water partition coefficient (Wildman–Crippen LogP) is 1.87. The van der Waals surface area contributed by atoms with Crippen molar-refractivity contribution in [1.29, 1.82) is 5.26 Å². The molecule has 0 amide bonds. The molecule has 0 unspecified atom stereocenters. The van der Waals surface area contributed by atoms with Crippen LogP contribution in [0, 0.1) is 11.3 Å². The highest BCUT2D eigenvalue weighted by Crippen LogP contribution is 2.04. The molecule has 2 nitrogen and oxygen atoms in total. The minimum absolute atomic E-state index is 0.662. The number of hydrogen-bond acceptors (Lipinski definition) is 1. The topological polar surface area (TPSA) is 28.7 Å². The summed E-state index contributed by atoms with van der Waals surface area (Å²) in [5.74, 6) is 0. The van der Waals surface area contributed by atoms with Gasteiger partial charge in [0.05, 0.1) is 6.07 Å². The third kappa shape index (κ3) is 2.46. The molecule has 0 bridgehead atoms. The lowest BCUT2D eigenvalue weighted by Crippen LogP contribution is -1.82. The van der Waals surface area contributed by atoms with E-state index in [0.717, 1.165) is 12.8 Å². The molecule has 1 rings (SSSR count). The van der Waals surface area contributed by atoms with Gasteiger partial charge >= 0.3 is 0 Å². The van der Waals surface area contributed by atoms with Gasteiger partial charge in [-0.15, -0.1) is 0 Å². The van der Waals surface area contributed by atoms with E-state index in [1.165, 1.54) is 5.56 Å².